The quantitative estimate of drug-likeness (QED) is 0.888. The molecule has 0 saturated heterocycles. The monoisotopic (exact) mass is 324 g/mol. The van der Waals surface area contributed by atoms with Crippen molar-refractivity contribution >= 4 is 11.8 Å². The zero-order valence-electron chi connectivity index (χ0n) is 13.6. The number of carbonyl (C=O) groups excluding carboxylic acids is 2. The van der Waals surface area contributed by atoms with Crippen LogP contribution in [0.5, 0.6) is 5.75 Å². The lowest BCUT2D eigenvalue weighted by Gasteiger charge is -2.27. The van der Waals surface area contributed by atoms with Crippen molar-refractivity contribution in [2.45, 2.75) is 25.9 Å². The van der Waals surface area contributed by atoms with E-state index >= 15 is 0 Å². The lowest BCUT2D eigenvalue weighted by molar-refractivity contribution is -0.119. The maximum atomic E-state index is 12.7. The van der Waals surface area contributed by atoms with E-state index in [0.717, 1.165) is 11.1 Å². The Morgan fingerprint density at radius 1 is 1.25 bits per heavy atom. The van der Waals surface area contributed by atoms with Gasteiger partial charge in [0, 0.05) is 12.1 Å². The third-order valence-corrected chi connectivity index (χ3v) is 4.17. The molecule has 24 heavy (non-hydrogen) atoms. The summed E-state index contributed by atoms with van der Waals surface area (Å²) in [6, 6.07) is 14.6. The molecule has 5 nitrogen and oxygen atoms in total. The molecular weight excluding hydrogens is 304 g/mol. The SMILES string of the molecule is CCOc1cccc(C(CC(N)=O)N2Cc3ccccc3C2=O)c1. The standard InChI is InChI=1S/C19H20N2O3/c1-2-24-15-8-5-7-13(10-15)17(11-18(20)22)21-12-14-6-3-4-9-16(14)19(21)23/h3-10,17H,2,11-12H2,1H3,(H2,20,22). The van der Waals surface area contributed by atoms with Crippen LogP contribution in [0.15, 0.2) is 48.5 Å². The van der Waals surface area contributed by atoms with Crippen molar-refractivity contribution in [1.29, 1.82) is 0 Å². The maximum absolute atomic E-state index is 12.7. The second-order valence-corrected chi connectivity index (χ2v) is 5.78. The first-order chi connectivity index (χ1) is 11.6. The molecule has 1 unspecified atom stereocenters. The molecule has 0 aromatic heterocycles. The fourth-order valence-corrected chi connectivity index (χ4v) is 3.11. The normalized spacial score (nSPS) is 14.4. The number of hydrogen-bond donors (Lipinski definition) is 1. The van der Waals surface area contributed by atoms with Crippen molar-refractivity contribution in [3.05, 3.63) is 65.2 Å². The number of amides is 2. The molecule has 2 amide bonds. The van der Waals surface area contributed by atoms with Gasteiger partial charge in [-0.25, -0.2) is 0 Å². The van der Waals surface area contributed by atoms with Gasteiger partial charge in [-0.2, -0.15) is 0 Å². The second kappa shape index (κ2) is 6.74. The molecule has 2 aromatic carbocycles. The van der Waals surface area contributed by atoms with E-state index in [1.165, 1.54) is 0 Å². The van der Waals surface area contributed by atoms with Crippen LogP contribution in [0.2, 0.25) is 0 Å². The lowest BCUT2D eigenvalue weighted by Crippen LogP contribution is -2.32. The molecule has 3 rings (SSSR count). The summed E-state index contributed by atoms with van der Waals surface area (Å²) in [6.45, 7) is 2.94. The molecular formula is C19H20N2O3. The third-order valence-electron chi connectivity index (χ3n) is 4.17. The van der Waals surface area contributed by atoms with Gasteiger partial charge in [-0.3, -0.25) is 9.59 Å². The Labute approximate surface area is 141 Å². The van der Waals surface area contributed by atoms with Crippen LogP contribution in [-0.4, -0.2) is 23.3 Å². The van der Waals surface area contributed by atoms with E-state index < -0.39 is 11.9 Å². The van der Waals surface area contributed by atoms with Crippen molar-refractivity contribution in [2.75, 3.05) is 6.61 Å². The number of fused-ring (bicyclic) bond motifs is 1. The van der Waals surface area contributed by atoms with Crippen LogP contribution in [0.25, 0.3) is 0 Å². The minimum atomic E-state index is -0.439. The summed E-state index contributed by atoms with van der Waals surface area (Å²) >= 11 is 0. The molecule has 2 N–H and O–H groups in total. The van der Waals surface area contributed by atoms with Gasteiger partial charge in [-0.15, -0.1) is 0 Å². The fraction of sp³-hybridized carbons (Fsp3) is 0.263. The van der Waals surface area contributed by atoms with Crippen LogP contribution in [0, 0.1) is 0 Å². The Hall–Kier alpha value is -2.82. The number of rotatable bonds is 6. The second-order valence-electron chi connectivity index (χ2n) is 5.78. The molecule has 1 heterocycles. The molecule has 0 aliphatic carbocycles. The molecule has 124 valence electrons. The lowest BCUT2D eigenvalue weighted by atomic mass is 10.0. The first-order valence-electron chi connectivity index (χ1n) is 8.00. The molecule has 0 spiro atoms. The third kappa shape index (κ3) is 3.11. The average Bonchev–Trinajstić information content (AvgIpc) is 2.90. The van der Waals surface area contributed by atoms with Crippen LogP contribution < -0.4 is 10.5 Å². The summed E-state index contributed by atoms with van der Waals surface area (Å²) in [5, 5.41) is 0. The number of nitrogens with two attached hydrogens (primary N) is 1. The average molecular weight is 324 g/mol. The Kier molecular flexibility index (Phi) is 4.51. The van der Waals surface area contributed by atoms with Gasteiger partial charge < -0.3 is 15.4 Å². The predicted octanol–water partition coefficient (Wildman–Crippen LogP) is 2.66. The van der Waals surface area contributed by atoms with E-state index in [2.05, 4.69) is 0 Å². The zero-order chi connectivity index (χ0) is 17.1. The highest BCUT2D eigenvalue weighted by atomic mass is 16.5. The summed E-state index contributed by atoms with van der Waals surface area (Å²) in [5.41, 5.74) is 7.94. The summed E-state index contributed by atoms with van der Waals surface area (Å²) in [4.78, 5) is 26.0. The number of benzene rings is 2. The van der Waals surface area contributed by atoms with Crippen LogP contribution in [-0.2, 0) is 11.3 Å². The molecule has 1 aliphatic heterocycles. The largest absolute Gasteiger partial charge is 0.494 e. The molecule has 0 saturated carbocycles. The first kappa shape index (κ1) is 16.1. The number of carbonyl (C=O) groups is 2. The van der Waals surface area contributed by atoms with Gasteiger partial charge in [0.05, 0.1) is 19.1 Å². The van der Waals surface area contributed by atoms with Crippen LogP contribution in [0.3, 0.4) is 0 Å². The zero-order valence-corrected chi connectivity index (χ0v) is 13.6. The van der Waals surface area contributed by atoms with E-state index in [4.69, 9.17) is 10.5 Å². The van der Waals surface area contributed by atoms with E-state index in [-0.39, 0.29) is 12.3 Å². The van der Waals surface area contributed by atoms with Crippen LogP contribution in [0.1, 0.15) is 40.9 Å². The van der Waals surface area contributed by atoms with Gasteiger partial charge in [-0.05, 0) is 36.2 Å². The van der Waals surface area contributed by atoms with E-state index in [1.54, 1.807) is 4.90 Å². The highest BCUT2D eigenvalue weighted by Gasteiger charge is 2.34. The van der Waals surface area contributed by atoms with Gasteiger partial charge in [0.15, 0.2) is 0 Å². The molecule has 5 heteroatoms. The minimum absolute atomic E-state index is 0.0707. The van der Waals surface area contributed by atoms with Crippen molar-refractivity contribution in [2.24, 2.45) is 5.73 Å². The summed E-state index contributed by atoms with van der Waals surface area (Å²) in [5.74, 6) is 0.206. The molecule has 0 radical (unpaired) electrons. The van der Waals surface area contributed by atoms with Crippen molar-refractivity contribution < 1.29 is 14.3 Å². The highest BCUT2D eigenvalue weighted by molar-refractivity contribution is 5.98. The Morgan fingerprint density at radius 3 is 2.75 bits per heavy atom. The molecule has 2 aromatic rings. The minimum Gasteiger partial charge on any atom is -0.494 e. The first-order valence-corrected chi connectivity index (χ1v) is 8.00. The molecule has 1 aliphatic rings. The Morgan fingerprint density at radius 2 is 2.04 bits per heavy atom. The van der Waals surface area contributed by atoms with Crippen molar-refractivity contribution in [3.8, 4) is 5.75 Å². The highest BCUT2D eigenvalue weighted by Crippen LogP contribution is 2.34. The summed E-state index contributed by atoms with van der Waals surface area (Å²) < 4.78 is 5.53. The predicted molar refractivity (Wildman–Crippen MR) is 90.5 cm³/mol. The number of nitrogens with zero attached hydrogens (tertiary/aromatic N) is 1. The van der Waals surface area contributed by atoms with Gasteiger partial charge in [0.1, 0.15) is 5.75 Å². The number of ether oxygens (including phenoxy) is 1. The van der Waals surface area contributed by atoms with Gasteiger partial charge in [0.2, 0.25) is 5.91 Å². The Bertz CT molecular complexity index is 773. The Balaban J connectivity index is 1.95. The fourth-order valence-electron chi connectivity index (χ4n) is 3.11. The number of primary amides is 1. The smallest absolute Gasteiger partial charge is 0.255 e. The van der Waals surface area contributed by atoms with Gasteiger partial charge in [0.25, 0.3) is 5.91 Å². The van der Waals surface area contributed by atoms with Crippen molar-refractivity contribution in [3.63, 3.8) is 0 Å². The van der Waals surface area contributed by atoms with Gasteiger partial charge in [-0.1, -0.05) is 30.3 Å². The van der Waals surface area contributed by atoms with Crippen LogP contribution >= 0.6 is 0 Å². The topological polar surface area (TPSA) is 72.6 Å². The summed E-state index contributed by atoms with van der Waals surface area (Å²) in [6.07, 6.45) is 0.0787. The summed E-state index contributed by atoms with van der Waals surface area (Å²) in [7, 11) is 0. The van der Waals surface area contributed by atoms with Crippen molar-refractivity contribution in [1.82, 2.24) is 4.90 Å². The van der Waals surface area contributed by atoms with Crippen LogP contribution in [0.4, 0.5) is 0 Å². The maximum Gasteiger partial charge on any atom is 0.255 e. The number of hydrogen-bond acceptors (Lipinski definition) is 3. The molecule has 1 atom stereocenters. The van der Waals surface area contributed by atoms with Gasteiger partial charge >= 0.3 is 0 Å². The van der Waals surface area contributed by atoms with E-state index in [1.807, 2.05) is 55.5 Å². The van der Waals surface area contributed by atoms with E-state index in [0.29, 0.717) is 24.5 Å². The molecule has 0 fully saturated rings. The van der Waals surface area contributed by atoms with E-state index in [9.17, 15) is 9.59 Å². The molecule has 0 bridgehead atoms.